The van der Waals surface area contributed by atoms with Crippen molar-refractivity contribution in [2.24, 2.45) is 5.92 Å². The second-order valence-corrected chi connectivity index (χ2v) is 6.38. The van der Waals surface area contributed by atoms with Crippen molar-refractivity contribution in [1.82, 2.24) is 4.98 Å². The first-order valence-corrected chi connectivity index (χ1v) is 8.63. The van der Waals surface area contributed by atoms with Gasteiger partial charge in [-0.15, -0.1) is 0 Å². The Kier molecular flexibility index (Phi) is 9.74. The summed E-state index contributed by atoms with van der Waals surface area (Å²) in [7, 11) is -2.73. The van der Waals surface area contributed by atoms with E-state index in [1.54, 1.807) is 36.4 Å². The molecule has 9 heteroatoms. The maximum atomic E-state index is 9.85. The van der Waals surface area contributed by atoms with Crippen molar-refractivity contribution in [1.29, 1.82) is 0 Å². The molecule has 0 saturated heterocycles. The van der Waals surface area contributed by atoms with Gasteiger partial charge in [0.05, 0.1) is 0 Å². The van der Waals surface area contributed by atoms with E-state index in [-0.39, 0.29) is 0 Å². The number of hydrogen-bond acceptors (Lipinski definition) is 6. The van der Waals surface area contributed by atoms with E-state index < -0.39 is 20.2 Å². The molecule has 1 heterocycles. The minimum Gasteiger partial charge on any atom is -0.481 e. The second-order valence-electron chi connectivity index (χ2n) is 6.38. The zero-order chi connectivity index (χ0) is 20.4. The van der Waals surface area contributed by atoms with Crippen LogP contribution in [-0.2, 0) is 4.79 Å². The molecular weight excluding hydrogens is 348 g/mol. The van der Waals surface area contributed by atoms with Crippen LogP contribution < -0.4 is 10.9 Å². The molecule has 0 unspecified atom stereocenters. The molecule has 0 atom stereocenters. The van der Waals surface area contributed by atoms with Crippen molar-refractivity contribution in [3.05, 3.63) is 53.9 Å². The van der Waals surface area contributed by atoms with Gasteiger partial charge in [0.2, 0.25) is 0 Å². The Morgan fingerprint density at radius 3 is 1.74 bits per heavy atom. The highest BCUT2D eigenvalue weighted by atomic mass is 16.4. The van der Waals surface area contributed by atoms with Crippen LogP contribution in [-0.4, -0.2) is 50.4 Å². The molecule has 27 heavy (non-hydrogen) atoms. The molecule has 1 aromatic heterocycles. The zero-order valence-electron chi connectivity index (χ0n) is 15.5. The highest BCUT2D eigenvalue weighted by Gasteiger charge is 2.23. The number of aromatic nitrogens is 1. The lowest BCUT2D eigenvalue weighted by Crippen LogP contribution is -2.30. The van der Waals surface area contributed by atoms with E-state index in [4.69, 9.17) is 25.2 Å². The number of benzene rings is 1. The van der Waals surface area contributed by atoms with E-state index in [9.17, 15) is 4.79 Å². The summed E-state index contributed by atoms with van der Waals surface area (Å²) in [4.78, 5) is 13.9. The topological polar surface area (TPSA) is 131 Å². The summed E-state index contributed by atoms with van der Waals surface area (Å²) in [6, 6.07) is 12.0. The lowest BCUT2D eigenvalue weighted by molar-refractivity contribution is -0.137. The van der Waals surface area contributed by atoms with Gasteiger partial charge in [-0.1, -0.05) is 30.3 Å². The Morgan fingerprint density at radius 2 is 1.44 bits per heavy atom. The largest absolute Gasteiger partial charge is 0.488 e. The van der Waals surface area contributed by atoms with Crippen LogP contribution in [0.25, 0.3) is 0 Å². The minimum atomic E-state index is -1.39. The van der Waals surface area contributed by atoms with Crippen molar-refractivity contribution in [2.75, 3.05) is 0 Å². The number of nitrogens with zero attached hydrogens (tertiary/aromatic N) is 1. The monoisotopic (exact) mass is 373 g/mol. The van der Waals surface area contributed by atoms with Crippen LogP contribution >= 0.6 is 0 Å². The van der Waals surface area contributed by atoms with Crippen LogP contribution in [0.5, 0.6) is 0 Å². The lowest BCUT2D eigenvalue weighted by Gasteiger charge is -2.01. The summed E-state index contributed by atoms with van der Waals surface area (Å²) in [6.45, 7) is 3.64. The lowest BCUT2D eigenvalue weighted by atomic mass is 9.80. The standard InChI is InChI=1S/C7H10BNO2.C6H7BO2.C5H8O2/c1-5-3-7(8(10)11)4-6(2)9-5;8-7(9)6-4-2-1-3-5-6;6-5(7)3-4-1-2-4/h3-4,10-11H,1-2H3;1-5,8-9H;4H,1-3H2,(H,6,7). The normalized spacial score (nSPS) is 12.1. The van der Waals surface area contributed by atoms with Crippen molar-refractivity contribution in [3.8, 4) is 0 Å². The van der Waals surface area contributed by atoms with Crippen LogP contribution in [0.2, 0.25) is 0 Å². The number of carboxylic acid groups (broad SMARTS) is 1. The third-order valence-electron chi connectivity index (χ3n) is 3.66. The smallest absolute Gasteiger partial charge is 0.481 e. The molecular formula is C18H25B2NO6. The van der Waals surface area contributed by atoms with Gasteiger partial charge in [0.15, 0.2) is 0 Å². The molecule has 7 nitrogen and oxygen atoms in total. The number of pyridine rings is 1. The first-order valence-electron chi connectivity index (χ1n) is 8.63. The molecule has 0 amide bonds. The molecule has 1 aliphatic rings. The van der Waals surface area contributed by atoms with Gasteiger partial charge >= 0.3 is 20.2 Å². The molecule has 2 aromatic rings. The Bertz CT molecular complexity index is 688. The zero-order valence-corrected chi connectivity index (χ0v) is 15.5. The fraction of sp³-hybridized carbons (Fsp3) is 0.333. The van der Waals surface area contributed by atoms with E-state index in [2.05, 4.69) is 4.98 Å². The van der Waals surface area contributed by atoms with E-state index in [0.29, 0.717) is 23.3 Å². The highest BCUT2D eigenvalue weighted by Crippen LogP contribution is 2.31. The number of hydrogen-bond donors (Lipinski definition) is 5. The summed E-state index contributed by atoms with van der Waals surface area (Å²) < 4.78 is 0. The van der Waals surface area contributed by atoms with E-state index in [0.717, 1.165) is 24.2 Å². The SMILES string of the molecule is Cc1cc(B(O)O)cc(C)n1.O=C(O)CC1CC1.OB(O)c1ccccc1. The molecule has 0 spiro atoms. The summed E-state index contributed by atoms with van der Waals surface area (Å²) in [5.41, 5.74) is 2.62. The summed E-state index contributed by atoms with van der Waals surface area (Å²) in [6.07, 6.45) is 2.65. The number of carboxylic acids is 1. The predicted octanol–water partition coefficient (Wildman–Crippen LogP) is -0.384. The van der Waals surface area contributed by atoms with Crippen LogP contribution in [0.1, 0.15) is 30.7 Å². The Balaban J connectivity index is 0.000000208. The van der Waals surface area contributed by atoms with Gasteiger partial charge < -0.3 is 25.2 Å². The van der Waals surface area contributed by atoms with Gasteiger partial charge in [0, 0.05) is 17.8 Å². The van der Waals surface area contributed by atoms with Crippen molar-refractivity contribution in [2.45, 2.75) is 33.1 Å². The third kappa shape index (κ3) is 10.5. The first kappa shape index (κ1) is 22.9. The van der Waals surface area contributed by atoms with Gasteiger partial charge in [-0.3, -0.25) is 9.78 Å². The molecule has 1 fully saturated rings. The minimum absolute atomic E-state index is 0.389. The third-order valence-corrected chi connectivity index (χ3v) is 3.66. The van der Waals surface area contributed by atoms with Crippen molar-refractivity contribution in [3.63, 3.8) is 0 Å². The fourth-order valence-corrected chi connectivity index (χ4v) is 2.21. The molecule has 0 radical (unpaired) electrons. The number of rotatable bonds is 4. The average Bonchev–Trinajstić information content (AvgIpc) is 3.39. The summed E-state index contributed by atoms with van der Waals surface area (Å²) >= 11 is 0. The molecule has 5 N–H and O–H groups in total. The van der Waals surface area contributed by atoms with Gasteiger partial charge in [-0.25, -0.2) is 0 Å². The highest BCUT2D eigenvalue weighted by molar-refractivity contribution is 6.58. The molecule has 0 bridgehead atoms. The van der Waals surface area contributed by atoms with Gasteiger partial charge in [-0.05, 0) is 55.7 Å². The molecule has 1 saturated carbocycles. The maximum absolute atomic E-state index is 9.85. The van der Waals surface area contributed by atoms with E-state index in [1.807, 2.05) is 19.9 Å². The van der Waals surface area contributed by atoms with Crippen LogP contribution in [0.4, 0.5) is 0 Å². The molecule has 0 aliphatic heterocycles. The molecule has 1 aliphatic carbocycles. The van der Waals surface area contributed by atoms with Gasteiger partial charge in [0.25, 0.3) is 0 Å². The Labute approximate surface area is 159 Å². The van der Waals surface area contributed by atoms with Crippen LogP contribution in [0, 0.1) is 19.8 Å². The molecule has 3 rings (SSSR count). The molecule has 144 valence electrons. The molecule has 1 aromatic carbocycles. The average molecular weight is 373 g/mol. The van der Waals surface area contributed by atoms with Crippen molar-refractivity contribution < 1.29 is 30.0 Å². The number of aryl methyl sites for hydroxylation is 2. The quantitative estimate of drug-likeness (QED) is 0.462. The Morgan fingerprint density at radius 1 is 0.963 bits per heavy atom. The summed E-state index contributed by atoms with van der Waals surface area (Å²) in [5.74, 6) is -0.125. The Hall–Kier alpha value is -2.19. The van der Waals surface area contributed by atoms with Crippen LogP contribution in [0.15, 0.2) is 42.5 Å². The van der Waals surface area contributed by atoms with E-state index >= 15 is 0 Å². The number of carbonyl (C=O) groups is 1. The van der Waals surface area contributed by atoms with Crippen LogP contribution in [0.3, 0.4) is 0 Å². The maximum Gasteiger partial charge on any atom is 0.488 e. The van der Waals surface area contributed by atoms with Crippen molar-refractivity contribution >= 4 is 31.1 Å². The van der Waals surface area contributed by atoms with E-state index in [1.165, 1.54) is 0 Å². The second kappa shape index (κ2) is 11.5. The summed E-state index contributed by atoms with van der Waals surface area (Å²) in [5, 5.41) is 42.9. The first-order chi connectivity index (χ1) is 12.7. The van der Waals surface area contributed by atoms with Gasteiger partial charge in [-0.2, -0.15) is 0 Å². The predicted molar refractivity (Wildman–Crippen MR) is 105 cm³/mol. The fourth-order valence-electron chi connectivity index (χ4n) is 2.21. The number of aliphatic carboxylic acids is 1. The van der Waals surface area contributed by atoms with Gasteiger partial charge in [0.1, 0.15) is 0 Å².